The lowest BCUT2D eigenvalue weighted by molar-refractivity contribution is -0.122. The van der Waals surface area contributed by atoms with Crippen LogP contribution in [0.5, 0.6) is 0 Å². The van der Waals surface area contributed by atoms with Crippen LogP contribution < -0.4 is 10.6 Å². The maximum atomic E-state index is 12.0. The third kappa shape index (κ3) is 3.84. The molecule has 0 saturated heterocycles. The molecular weight excluding hydrogens is 294 g/mol. The van der Waals surface area contributed by atoms with Crippen molar-refractivity contribution in [1.82, 2.24) is 10.3 Å². The molecule has 0 bridgehead atoms. The fraction of sp³-hybridized carbons (Fsp3) is 0.429. The molecule has 1 atom stereocenters. The highest BCUT2D eigenvalue weighted by atomic mass is 35.5. The van der Waals surface area contributed by atoms with Gasteiger partial charge in [0.25, 0.3) is 0 Å². The fourth-order valence-electron chi connectivity index (χ4n) is 1.69. The molecule has 1 amide bonds. The summed E-state index contributed by atoms with van der Waals surface area (Å²) in [6.07, 6.45) is 0. The average Bonchev–Trinajstić information content (AvgIpc) is 2.67. The molecule has 1 unspecified atom stereocenters. The molecule has 6 heteroatoms. The predicted molar refractivity (Wildman–Crippen MR) is 85.6 cm³/mol. The van der Waals surface area contributed by atoms with Gasteiger partial charge in [-0.1, -0.05) is 22.9 Å². The highest BCUT2D eigenvalue weighted by Crippen LogP contribution is 2.28. The van der Waals surface area contributed by atoms with Crippen LogP contribution in [-0.2, 0) is 4.79 Å². The number of hydrogen-bond acceptors (Lipinski definition) is 4. The Balaban J connectivity index is 2.09. The molecule has 0 fully saturated rings. The van der Waals surface area contributed by atoms with E-state index in [9.17, 15) is 4.79 Å². The van der Waals surface area contributed by atoms with E-state index in [0.29, 0.717) is 5.02 Å². The number of carbonyl (C=O) groups excluding carboxylic acids is 1. The number of hydrogen-bond donors (Lipinski definition) is 2. The predicted octanol–water partition coefficient (Wildman–Crippen LogP) is 3.66. The van der Waals surface area contributed by atoms with Crippen LogP contribution in [-0.4, -0.2) is 22.5 Å². The highest BCUT2D eigenvalue weighted by Gasteiger charge is 2.20. The molecule has 0 aliphatic rings. The zero-order chi connectivity index (χ0) is 14.9. The van der Waals surface area contributed by atoms with E-state index >= 15 is 0 Å². The van der Waals surface area contributed by atoms with Crippen LogP contribution >= 0.6 is 22.9 Å². The molecule has 1 aromatic carbocycles. The first-order valence-electron chi connectivity index (χ1n) is 6.39. The Hall–Kier alpha value is -1.33. The van der Waals surface area contributed by atoms with Gasteiger partial charge in [-0.05, 0) is 45.9 Å². The number of anilines is 1. The summed E-state index contributed by atoms with van der Waals surface area (Å²) in [4.78, 5) is 16.5. The number of carbonyl (C=O) groups is 1. The topological polar surface area (TPSA) is 54.0 Å². The lowest BCUT2D eigenvalue weighted by Gasteiger charge is -2.23. The van der Waals surface area contributed by atoms with Gasteiger partial charge in [0.1, 0.15) is 6.04 Å². The Morgan fingerprint density at radius 2 is 2.10 bits per heavy atom. The van der Waals surface area contributed by atoms with Crippen LogP contribution in [0.4, 0.5) is 5.13 Å². The minimum atomic E-state index is -0.342. The van der Waals surface area contributed by atoms with Crippen molar-refractivity contribution in [3.05, 3.63) is 23.2 Å². The lowest BCUT2D eigenvalue weighted by Crippen LogP contribution is -2.47. The fourth-order valence-corrected chi connectivity index (χ4v) is 2.92. The van der Waals surface area contributed by atoms with Crippen LogP contribution in [0.3, 0.4) is 0 Å². The SMILES string of the molecule is CC(Nc1nc2ccc(Cl)cc2s1)C(=O)NC(C)(C)C. The van der Waals surface area contributed by atoms with Gasteiger partial charge < -0.3 is 10.6 Å². The smallest absolute Gasteiger partial charge is 0.242 e. The van der Waals surface area contributed by atoms with Gasteiger partial charge in [-0.15, -0.1) is 0 Å². The summed E-state index contributed by atoms with van der Waals surface area (Å²) in [5.74, 6) is -0.0465. The summed E-state index contributed by atoms with van der Waals surface area (Å²) in [6, 6.07) is 5.22. The molecule has 2 rings (SSSR count). The monoisotopic (exact) mass is 311 g/mol. The molecule has 1 heterocycles. The van der Waals surface area contributed by atoms with Crippen molar-refractivity contribution in [2.45, 2.75) is 39.3 Å². The van der Waals surface area contributed by atoms with E-state index in [1.54, 1.807) is 0 Å². The molecule has 1 aromatic heterocycles. The van der Waals surface area contributed by atoms with Crippen LogP contribution in [0.2, 0.25) is 5.02 Å². The van der Waals surface area contributed by atoms with E-state index in [0.717, 1.165) is 15.3 Å². The molecule has 0 radical (unpaired) electrons. The second-order valence-corrected chi connectivity index (χ2v) is 7.20. The molecule has 0 aliphatic carbocycles. The van der Waals surface area contributed by atoms with E-state index in [2.05, 4.69) is 15.6 Å². The molecular formula is C14H18ClN3OS. The van der Waals surface area contributed by atoms with E-state index in [4.69, 9.17) is 11.6 Å². The molecule has 0 spiro atoms. The molecule has 0 aliphatic heterocycles. The molecule has 0 saturated carbocycles. The number of rotatable bonds is 3. The lowest BCUT2D eigenvalue weighted by atomic mass is 10.1. The second kappa shape index (κ2) is 5.58. The van der Waals surface area contributed by atoms with Gasteiger partial charge in [0.05, 0.1) is 10.2 Å². The Labute approximate surface area is 127 Å². The normalized spacial score (nSPS) is 13.2. The van der Waals surface area contributed by atoms with E-state index in [1.165, 1.54) is 11.3 Å². The molecule has 2 N–H and O–H groups in total. The molecule has 4 nitrogen and oxygen atoms in total. The minimum absolute atomic E-state index is 0.0465. The Bertz CT molecular complexity index is 633. The van der Waals surface area contributed by atoms with Crippen molar-refractivity contribution in [2.75, 3.05) is 5.32 Å². The van der Waals surface area contributed by atoms with Crippen molar-refractivity contribution in [2.24, 2.45) is 0 Å². The highest BCUT2D eigenvalue weighted by molar-refractivity contribution is 7.22. The van der Waals surface area contributed by atoms with E-state index in [-0.39, 0.29) is 17.5 Å². The van der Waals surface area contributed by atoms with E-state index < -0.39 is 0 Å². The standard InChI is InChI=1S/C14H18ClN3OS/c1-8(12(19)18-14(2,3)4)16-13-17-10-6-5-9(15)7-11(10)20-13/h5-8H,1-4H3,(H,16,17)(H,18,19). The van der Waals surface area contributed by atoms with Gasteiger partial charge >= 0.3 is 0 Å². The van der Waals surface area contributed by atoms with Crippen molar-refractivity contribution >= 4 is 44.2 Å². The quantitative estimate of drug-likeness (QED) is 0.909. The Morgan fingerprint density at radius 1 is 1.40 bits per heavy atom. The van der Waals surface area contributed by atoms with Crippen molar-refractivity contribution in [3.63, 3.8) is 0 Å². The van der Waals surface area contributed by atoms with Crippen LogP contribution in [0, 0.1) is 0 Å². The zero-order valence-electron chi connectivity index (χ0n) is 12.0. The summed E-state index contributed by atoms with van der Waals surface area (Å²) in [5, 5.41) is 7.47. The zero-order valence-corrected chi connectivity index (χ0v) is 13.5. The third-order valence-corrected chi connectivity index (χ3v) is 3.77. The number of halogens is 1. The molecule has 2 aromatic rings. The first-order valence-corrected chi connectivity index (χ1v) is 7.59. The summed E-state index contributed by atoms with van der Waals surface area (Å²) < 4.78 is 1.00. The van der Waals surface area contributed by atoms with Crippen LogP contribution in [0.1, 0.15) is 27.7 Å². The molecule has 108 valence electrons. The number of fused-ring (bicyclic) bond motifs is 1. The van der Waals surface area contributed by atoms with Gasteiger partial charge in [0.15, 0.2) is 5.13 Å². The number of nitrogens with one attached hydrogen (secondary N) is 2. The Kier molecular flexibility index (Phi) is 4.20. The number of nitrogens with zero attached hydrogens (tertiary/aromatic N) is 1. The summed E-state index contributed by atoms with van der Waals surface area (Å²) >= 11 is 7.44. The second-order valence-electron chi connectivity index (χ2n) is 5.74. The van der Waals surface area contributed by atoms with Gasteiger partial charge in [0, 0.05) is 10.6 Å². The summed E-state index contributed by atoms with van der Waals surface area (Å²) in [7, 11) is 0. The van der Waals surface area contributed by atoms with Crippen molar-refractivity contribution < 1.29 is 4.79 Å². The average molecular weight is 312 g/mol. The van der Waals surface area contributed by atoms with Crippen molar-refractivity contribution in [1.29, 1.82) is 0 Å². The van der Waals surface area contributed by atoms with Crippen LogP contribution in [0.25, 0.3) is 10.2 Å². The summed E-state index contributed by atoms with van der Waals surface area (Å²) in [5.41, 5.74) is 0.638. The Morgan fingerprint density at radius 3 is 2.75 bits per heavy atom. The maximum Gasteiger partial charge on any atom is 0.242 e. The minimum Gasteiger partial charge on any atom is -0.350 e. The molecule has 20 heavy (non-hydrogen) atoms. The number of benzene rings is 1. The number of thiazole rings is 1. The summed E-state index contributed by atoms with van der Waals surface area (Å²) in [6.45, 7) is 7.69. The van der Waals surface area contributed by atoms with Crippen LogP contribution in [0.15, 0.2) is 18.2 Å². The number of amides is 1. The van der Waals surface area contributed by atoms with E-state index in [1.807, 2.05) is 45.9 Å². The van der Waals surface area contributed by atoms with Gasteiger partial charge in [-0.3, -0.25) is 4.79 Å². The van der Waals surface area contributed by atoms with Gasteiger partial charge in [-0.2, -0.15) is 0 Å². The third-order valence-electron chi connectivity index (χ3n) is 2.58. The van der Waals surface area contributed by atoms with Gasteiger partial charge in [0.2, 0.25) is 5.91 Å². The first-order chi connectivity index (χ1) is 9.24. The van der Waals surface area contributed by atoms with Crippen molar-refractivity contribution in [3.8, 4) is 0 Å². The number of aromatic nitrogens is 1. The van der Waals surface area contributed by atoms with Gasteiger partial charge in [-0.25, -0.2) is 4.98 Å². The maximum absolute atomic E-state index is 12.0. The first kappa shape index (κ1) is 15.1. The largest absolute Gasteiger partial charge is 0.350 e.